The number of amides is 2. The van der Waals surface area contributed by atoms with Crippen LogP contribution in [0, 0.1) is 0 Å². The second-order valence-corrected chi connectivity index (χ2v) is 6.47. The van der Waals surface area contributed by atoms with Gasteiger partial charge in [-0.15, -0.1) is 0 Å². The van der Waals surface area contributed by atoms with E-state index in [-0.39, 0.29) is 16.8 Å². The van der Waals surface area contributed by atoms with Crippen LogP contribution in [0.5, 0.6) is 0 Å². The van der Waals surface area contributed by atoms with Gasteiger partial charge in [0.2, 0.25) is 0 Å². The maximum absolute atomic E-state index is 12.6. The highest BCUT2D eigenvalue weighted by Gasteiger charge is 2.20. The molecule has 7 nitrogen and oxygen atoms in total. The molecular weight excluding hydrogens is 352 g/mol. The molecule has 1 fully saturated rings. The number of piperazine rings is 1. The number of benzene rings is 1. The highest BCUT2D eigenvalue weighted by Crippen LogP contribution is 2.14. The first kappa shape index (κ1) is 18.1. The number of anilines is 1. The summed E-state index contributed by atoms with van der Waals surface area (Å²) in [6, 6.07) is 10.2. The van der Waals surface area contributed by atoms with Crippen LogP contribution in [0.2, 0.25) is 0 Å². The Bertz CT molecular complexity index is 799. The standard InChI is InChI=1S/C18H20N4O3S/c1-21-7-9-22(10-8-21)17(24)13-4-2-5-14(12-13)19-18(26)20-16(23)15-6-3-11-25-15/h2-6,11-12H,7-10H2,1H3,(H2,19,20,23,26). The molecule has 2 amide bonds. The number of likely N-dealkylation sites (N-methyl/N-ethyl adjacent to an activating group) is 1. The Balaban J connectivity index is 1.61. The molecule has 2 N–H and O–H groups in total. The number of nitrogens with zero attached hydrogens (tertiary/aromatic N) is 2. The van der Waals surface area contributed by atoms with Crippen molar-refractivity contribution in [3.8, 4) is 0 Å². The molecule has 0 saturated carbocycles. The monoisotopic (exact) mass is 372 g/mol. The van der Waals surface area contributed by atoms with E-state index in [0.717, 1.165) is 13.1 Å². The summed E-state index contributed by atoms with van der Waals surface area (Å²) >= 11 is 5.15. The number of carbonyl (C=O) groups is 2. The molecule has 0 unspecified atom stereocenters. The van der Waals surface area contributed by atoms with Crippen molar-refractivity contribution >= 4 is 34.8 Å². The van der Waals surface area contributed by atoms with Gasteiger partial charge in [0.15, 0.2) is 10.9 Å². The average Bonchev–Trinajstić information content (AvgIpc) is 3.17. The molecule has 2 aromatic rings. The van der Waals surface area contributed by atoms with E-state index in [1.165, 1.54) is 6.26 Å². The van der Waals surface area contributed by atoms with Crippen LogP contribution in [0.15, 0.2) is 47.1 Å². The molecule has 1 aliphatic heterocycles. The van der Waals surface area contributed by atoms with Gasteiger partial charge in [-0.25, -0.2) is 0 Å². The first-order valence-corrected chi connectivity index (χ1v) is 8.67. The Kier molecular flexibility index (Phi) is 5.65. The van der Waals surface area contributed by atoms with Crippen molar-refractivity contribution < 1.29 is 14.0 Å². The van der Waals surface area contributed by atoms with Crippen LogP contribution in [0.25, 0.3) is 0 Å². The van der Waals surface area contributed by atoms with Gasteiger partial charge in [-0.05, 0) is 49.6 Å². The summed E-state index contributed by atoms with van der Waals surface area (Å²) in [5, 5.41) is 5.59. The van der Waals surface area contributed by atoms with Crippen molar-refractivity contribution in [3.63, 3.8) is 0 Å². The lowest BCUT2D eigenvalue weighted by molar-refractivity contribution is 0.0664. The number of nitrogens with one attached hydrogen (secondary N) is 2. The fourth-order valence-electron chi connectivity index (χ4n) is 2.66. The van der Waals surface area contributed by atoms with Crippen LogP contribution in [0.1, 0.15) is 20.9 Å². The molecule has 0 aliphatic carbocycles. The second kappa shape index (κ2) is 8.11. The SMILES string of the molecule is CN1CCN(C(=O)c2cccc(NC(=S)NC(=O)c3ccco3)c2)CC1. The van der Waals surface area contributed by atoms with Gasteiger partial charge in [-0.3, -0.25) is 14.9 Å². The molecule has 1 aromatic carbocycles. The number of rotatable bonds is 3. The third kappa shape index (κ3) is 4.47. The minimum atomic E-state index is -0.433. The van der Waals surface area contributed by atoms with Gasteiger partial charge in [0.05, 0.1) is 6.26 Å². The molecule has 1 aromatic heterocycles. The highest BCUT2D eigenvalue weighted by molar-refractivity contribution is 7.80. The maximum atomic E-state index is 12.6. The molecule has 8 heteroatoms. The third-order valence-electron chi connectivity index (χ3n) is 4.13. The maximum Gasteiger partial charge on any atom is 0.293 e. The van der Waals surface area contributed by atoms with E-state index in [2.05, 4.69) is 15.5 Å². The molecule has 1 saturated heterocycles. The van der Waals surface area contributed by atoms with Crippen LogP contribution < -0.4 is 10.6 Å². The molecule has 2 heterocycles. The average molecular weight is 372 g/mol. The second-order valence-electron chi connectivity index (χ2n) is 6.06. The molecule has 0 spiro atoms. The van der Waals surface area contributed by atoms with Crippen molar-refractivity contribution in [1.29, 1.82) is 0 Å². The smallest absolute Gasteiger partial charge is 0.293 e. The lowest BCUT2D eigenvalue weighted by Crippen LogP contribution is -2.47. The molecular formula is C18H20N4O3S. The number of hydrogen-bond donors (Lipinski definition) is 2. The molecule has 26 heavy (non-hydrogen) atoms. The fourth-order valence-corrected chi connectivity index (χ4v) is 2.87. The number of furan rings is 1. The Morgan fingerprint density at radius 2 is 1.88 bits per heavy atom. The summed E-state index contributed by atoms with van der Waals surface area (Å²) in [5.74, 6) is -0.266. The van der Waals surface area contributed by atoms with Crippen LogP contribution in [0.3, 0.4) is 0 Å². The Morgan fingerprint density at radius 1 is 1.12 bits per heavy atom. The predicted molar refractivity (Wildman–Crippen MR) is 102 cm³/mol. The zero-order valence-corrected chi connectivity index (χ0v) is 15.2. The highest BCUT2D eigenvalue weighted by atomic mass is 32.1. The van der Waals surface area contributed by atoms with Crippen molar-refractivity contribution in [2.45, 2.75) is 0 Å². The molecule has 0 radical (unpaired) electrons. The van der Waals surface area contributed by atoms with Gasteiger partial charge in [-0.2, -0.15) is 0 Å². The number of thiocarbonyl (C=S) groups is 1. The first-order valence-electron chi connectivity index (χ1n) is 8.26. The van der Waals surface area contributed by atoms with Gasteiger partial charge < -0.3 is 19.5 Å². The van der Waals surface area contributed by atoms with E-state index in [0.29, 0.717) is 24.3 Å². The van der Waals surface area contributed by atoms with Crippen molar-refractivity contribution in [2.24, 2.45) is 0 Å². The van der Waals surface area contributed by atoms with Crippen LogP contribution >= 0.6 is 12.2 Å². The molecule has 136 valence electrons. The van der Waals surface area contributed by atoms with Gasteiger partial charge in [0.25, 0.3) is 11.8 Å². The van der Waals surface area contributed by atoms with E-state index < -0.39 is 5.91 Å². The first-order chi connectivity index (χ1) is 12.5. The summed E-state index contributed by atoms with van der Waals surface area (Å²) in [6.45, 7) is 3.16. The lowest BCUT2D eigenvalue weighted by Gasteiger charge is -2.32. The van der Waals surface area contributed by atoms with E-state index >= 15 is 0 Å². The third-order valence-corrected chi connectivity index (χ3v) is 4.33. The van der Waals surface area contributed by atoms with E-state index in [9.17, 15) is 9.59 Å². The molecule has 0 atom stereocenters. The van der Waals surface area contributed by atoms with E-state index in [4.69, 9.17) is 16.6 Å². The minimum Gasteiger partial charge on any atom is -0.459 e. The number of carbonyl (C=O) groups excluding carboxylic acids is 2. The quantitative estimate of drug-likeness (QED) is 0.800. The van der Waals surface area contributed by atoms with Gasteiger partial charge >= 0.3 is 0 Å². The Hall–Kier alpha value is -2.71. The van der Waals surface area contributed by atoms with Crippen molar-refractivity contribution in [3.05, 3.63) is 54.0 Å². The predicted octanol–water partition coefficient (Wildman–Crippen LogP) is 1.79. The Labute approximate surface area is 156 Å². The summed E-state index contributed by atoms with van der Waals surface area (Å²) in [5.41, 5.74) is 1.22. The largest absolute Gasteiger partial charge is 0.459 e. The topological polar surface area (TPSA) is 77.8 Å². The van der Waals surface area contributed by atoms with Crippen LogP contribution in [-0.4, -0.2) is 60.0 Å². The summed E-state index contributed by atoms with van der Waals surface area (Å²) in [4.78, 5) is 28.6. The molecule has 0 bridgehead atoms. The van der Waals surface area contributed by atoms with E-state index in [1.807, 2.05) is 11.9 Å². The normalized spacial score (nSPS) is 14.7. The Morgan fingerprint density at radius 3 is 2.58 bits per heavy atom. The summed E-state index contributed by atoms with van der Waals surface area (Å²) in [6.07, 6.45) is 1.42. The fraction of sp³-hybridized carbons (Fsp3) is 0.278. The zero-order valence-electron chi connectivity index (χ0n) is 14.4. The van der Waals surface area contributed by atoms with Gasteiger partial charge in [0, 0.05) is 37.4 Å². The lowest BCUT2D eigenvalue weighted by atomic mass is 10.1. The van der Waals surface area contributed by atoms with E-state index in [1.54, 1.807) is 36.4 Å². The summed E-state index contributed by atoms with van der Waals surface area (Å²) < 4.78 is 5.02. The number of hydrogen-bond acceptors (Lipinski definition) is 5. The summed E-state index contributed by atoms with van der Waals surface area (Å²) in [7, 11) is 2.05. The zero-order chi connectivity index (χ0) is 18.5. The van der Waals surface area contributed by atoms with Crippen LogP contribution in [-0.2, 0) is 0 Å². The molecule has 3 rings (SSSR count). The van der Waals surface area contributed by atoms with Gasteiger partial charge in [-0.1, -0.05) is 6.07 Å². The van der Waals surface area contributed by atoms with Crippen LogP contribution in [0.4, 0.5) is 5.69 Å². The molecule has 1 aliphatic rings. The van der Waals surface area contributed by atoms with Gasteiger partial charge in [0.1, 0.15) is 0 Å². The minimum absolute atomic E-state index is 0.00714. The van der Waals surface area contributed by atoms with Crippen molar-refractivity contribution in [2.75, 3.05) is 38.5 Å². The van der Waals surface area contributed by atoms with Crippen molar-refractivity contribution in [1.82, 2.24) is 15.1 Å².